The summed E-state index contributed by atoms with van der Waals surface area (Å²) in [6, 6.07) is 5.85. The molecule has 1 aliphatic heterocycles. The van der Waals surface area contributed by atoms with Crippen molar-refractivity contribution < 1.29 is 57.5 Å². The molecule has 0 saturated carbocycles. The lowest BCUT2D eigenvalue weighted by Gasteiger charge is -2.30. The Hall–Kier alpha value is -5.35. The normalized spacial score (nSPS) is 15.7. The number of methoxy groups -OCH3 is 1. The van der Waals surface area contributed by atoms with E-state index < -0.39 is 90.4 Å². The molecule has 2 heterocycles. The van der Waals surface area contributed by atoms with Crippen molar-refractivity contribution in [3.63, 3.8) is 0 Å². The number of ketones is 1. The minimum absolute atomic E-state index is 0.00714. The Balaban J connectivity index is 1.65. The maximum atomic E-state index is 13.9. The van der Waals surface area contributed by atoms with Crippen molar-refractivity contribution in [2.45, 2.75) is 96.9 Å². The number of rotatable bonds is 29. The molecule has 1 saturated heterocycles. The maximum absolute atomic E-state index is 13.9. The summed E-state index contributed by atoms with van der Waals surface area (Å²) < 4.78 is 22.6. The van der Waals surface area contributed by atoms with E-state index in [1.54, 1.807) is 21.0 Å². The van der Waals surface area contributed by atoms with Gasteiger partial charge in [0.15, 0.2) is 5.78 Å². The molecule has 7 N–H and O–H groups in total. The topological polar surface area (TPSA) is 275 Å². The number of carbonyl (C=O) groups excluding carboxylic acids is 6. The molecular weight excluding hydrogens is 819 g/mol. The van der Waals surface area contributed by atoms with E-state index in [0.717, 1.165) is 5.56 Å². The second-order valence-electron chi connectivity index (χ2n) is 16.3. The van der Waals surface area contributed by atoms with Crippen LogP contribution < -0.4 is 31.9 Å². The average molecular weight is 883 g/mol. The van der Waals surface area contributed by atoms with E-state index in [2.05, 4.69) is 41.9 Å². The SMILES string of the molecule is COCCOCCCNC(=O)C(CC(=O)NCC1COB(C(CC(C)C)NC(=O)C(Cc2ccccc2)NC(=O)c2cnccn2)O1)NCC(C)(C)C(=O)C(CC(=O)O)NC(C)=O. The van der Waals surface area contributed by atoms with Crippen molar-refractivity contribution in [3.8, 4) is 0 Å². The van der Waals surface area contributed by atoms with Gasteiger partial charge in [-0.15, -0.1) is 0 Å². The van der Waals surface area contributed by atoms with Crippen molar-refractivity contribution in [2.24, 2.45) is 11.3 Å². The Morgan fingerprint density at radius 1 is 0.921 bits per heavy atom. The van der Waals surface area contributed by atoms with E-state index in [4.69, 9.17) is 18.8 Å². The largest absolute Gasteiger partial charge is 0.481 e. The van der Waals surface area contributed by atoms with Crippen LogP contribution in [0.4, 0.5) is 0 Å². The van der Waals surface area contributed by atoms with Gasteiger partial charge >= 0.3 is 13.1 Å². The second-order valence-corrected chi connectivity index (χ2v) is 16.3. The van der Waals surface area contributed by atoms with Gasteiger partial charge in [0, 0.05) is 64.5 Å². The minimum Gasteiger partial charge on any atom is -0.481 e. The first-order chi connectivity index (χ1) is 30.0. The van der Waals surface area contributed by atoms with E-state index in [1.165, 1.54) is 25.5 Å². The summed E-state index contributed by atoms with van der Waals surface area (Å²) in [5, 5.41) is 26.1. The van der Waals surface area contributed by atoms with Crippen molar-refractivity contribution >= 4 is 48.4 Å². The molecule has 0 bridgehead atoms. The predicted octanol–water partition coefficient (Wildman–Crippen LogP) is -0.0001000. The lowest BCUT2D eigenvalue weighted by molar-refractivity contribution is -0.142. The van der Waals surface area contributed by atoms with Crippen LogP contribution in [0.2, 0.25) is 0 Å². The molecule has 1 aromatic carbocycles. The quantitative estimate of drug-likeness (QED) is 0.0419. The number of aliphatic carboxylic acids is 1. The molecule has 1 fully saturated rings. The predicted molar refractivity (Wildman–Crippen MR) is 230 cm³/mol. The molecule has 0 radical (unpaired) electrons. The van der Waals surface area contributed by atoms with Gasteiger partial charge in [-0.3, -0.25) is 38.5 Å². The molecule has 5 amide bonds. The Kier molecular flexibility index (Phi) is 22.3. The number of carboxylic acids is 1. The number of benzene rings is 1. The summed E-state index contributed by atoms with van der Waals surface area (Å²) in [4.78, 5) is 98.4. The van der Waals surface area contributed by atoms with Gasteiger partial charge in [0.05, 0.1) is 63.0 Å². The first kappa shape index (κ1) is 52.0. The molecule has 0 spiro atoms. The molecule has 1 aromatic heterocycles. The van der Waals surface area contributed by atoms with Gasteiger partial charge in [-0.05, 0) is 24.3 Å². The molecule has 21 heteroatoms. The Morgan fingerprint density at radius 3 is 2.32 bits per heavy atom. The maximum Gasteiger partial charge on any atom is 0.481 e. The van der Waals surface area contributed by atoms with Gasteiger partial charge in [-0.2, -0.15) is 0 Å². The third-order valence-electron chi connectivity index (χ3n) is 9.81. The van der Waals surface area contributed by atoms with Crippen LogP contribution in [-0.4, -0.2) is 147 Å². The summed E-state index contributed by atoms with van der Waals surface area (Å²) in [6.45, 7) is 9.61. The standard InChI is InChI=1S/C42H63BN8O12/c1-27(2)19-35(51-40(58)33(20-29-11-8-7-9-12-29)50-41(59)34-24-44-14-15-45-34)43-62-25-30(63-43)23-47-36(53)21-32(39(57)46-13-10-16-61-18-17-60-6)48-26-42(4,5)38(56)31(22-37(54)55)49-28(3)52/h7-9,11-12,14-15,24,27,30-33,35,48H,10,13,16-23,25-26H2,1-6H3,(H,46,57)(H,47,53)(H,49,52)(H,50,59)(H,51,58)(H,54,55). The van der Waals surface area contributed by atoms with Crippen LogP contribution in [0.3, 0.4) is 0 Å². The third-order valence-corrected chi connectivity index (χ3v) is 9.81. The lowest BCUT2D eigenvalue weighted by Crippen LogP contribution is -2.55. The fourth-order valence-electron chi connectivity index (χ4n) is 6.59. The fraction of sp³-hybridized carbons (Fsp3) is 0.595. The fourth-order valence-corrected chi connectivity index (χ4v) is 6.59. The van der Waals surface area contributed by atoms with Gasteiger partial charge < -0.3 is 55.8 Å². The summed E-state index contributed by atoms with van der Waals surface area (Å²) in [5.41, 5.74) is -0.383. The molecule has 0 aliphatic carbocycles. The van der Waals surface area contributed by atoms with Crippen LogP contribution in [0.5, 0.6) is 0 Å². The van der Waals surface area contributed by atoms with Gasteiger partial charge in [0.2, 0.25) is 23.6 Å². The van der Waals surface area contributed by atoms with Crippen LogP contribution in [0, 0.1) is 11.3 Å². The summed E-state index contributed by atoms with van der Waals surface area (Å²) in [5.74, 6) is -4.99. The van der Waals surface area contributed by atoms with Crippen molar-refractivity contribution in [3.05, 3.63) is 60.2 Å². The molecule has 1 aliphatic rings. The molecule has 5 unspecified atom stereocenters. The Bertz CT molecular complexity index is 1780. The molecule has 63 heavy (non-hydrogen) atoms. The van der Waals surface area contributed by atoms with Crippen molar-refractivity contribution in [1.82, 2.24) is 41.9 Å². The number of hydrogen-bond donors (Lipinski definition) is 7. The van der Waals surface area contributed by atoms with Crippen LogP contribution in [-0.2, 0) is 54.0 Å². The van der Waals surface area contributed by atoms with Crippen molar-refractivity contribution in [2.75, 3.05) is 53.2 Å². The Labute approximate surface area is 368 Å². The number of nitrogens with zero attached hydrogens (tertiary/aromatic N) is 2. The molecule has 3 rings (SSSR count). The first-order valence-electron chi connectivity index (χ1n) is 21.0. The zero-order chi connectivity index (χ0) is 46.4. The smallest absolute Gasteiger partial charge is 0.481 e. The molecule has 20 nitrogen and oxygen atoms in total. The highest BCUT2D eigenvalue weighted by Gasteiger charge is 2.41. The average Bonchev–Trinajstić information content (AvgIpc) is 3.72. The zero-order valence-corrected chi connectivity index (χ0v) is 37.0. The number of nitrogens with one attached hydrogen (secondary N) is 6. The number of ether oxygens (including phenoxy) is 2. The van der Waals surface area contributed by atoms with E-state index in [9.17, 15) is 38.7 Å². The molecule has 346 valence electrons. The van der Waals surface area contributed by atoms with E-state index >= 15 is 0 Å². The number of aromatic nitrogens is 2. The number of carboxylic acid groups (broad SMARTS) is 1. The summed E-state index contributed by atoms with van der Waals surface area (Å²) in [6.07, 6.45) is 3.70. The summed E-state index contributed by atoms with van der Waals surface area (Å²) >= 11 is 0. The van der Waals surface area contributed by atoms with Gasteiger partial charge in [-0.1, -0.05) is 58.0 Å². The van der Waals surface area contributed by atoms with E-state index in [0.29, 0.717) is 32.7 Å². The van der Waals surface area contributed by atoms with E-state index in [-0.39, 0.29) is 50.7 Å². The molecule has 2 aromatic rings. The Morgan fingerprint density at radius 2 is 1.67 bits per heavy atom. The highest BCUT2D eigenvalue weighted by atomic mass is 16.6. The second kappa shape index (κ2) is 27.0. The van der Waals surface area contributed by atoms with Gasteiger partial charge in [0.25, 0.3) is 5.91 Å². The third kappa shape index (κ3) is 19.3. The number of carbonyl (C=O) groups is 7. The minimum atomic E-state index is -1.30. The summed E-state index contributed by atoms with van der Waals surface area (Å²) in [7, 11) is 0.676. The van der Waals surface area contributed by atoms with Gasteiger partial charge in [0.1, 0.15) is 11.7 Å². The highest BCUT2D eigenvalue weighted by Crippen LogP contribution is 2.21. The monoisotopic (exact) mass is 882 g/mol. The number of Topliss-reactive ketones (excluding diaryl/α,β-unsaturated/α-hetero) is 1. The van der Waals surface area contributed by atoms with Crippen LogP contribution >= 0.6 is 0 Å². The highest BCUT2D eigenvalue weighted by molar-refractivity contribution is 6.47. The van der Waals surface area contributed by atoms with Crippen LogP contribution in [0.15, 0.2) is 48.9 Å². The van der Waals surface area contributed by atoms with Crippen LogP contribution in [0.25, 0.3) is 0 Å². The zero-order valence-electron chi connectivity index (χ0n) is 37.0. The lowest BCUT2D eigenvalue weighted by atomic mass is 9.74. The number of hydrogen-bond acceptors (Lipinski definition) is 14. The van der Waals surface area contributed by atoms with Crippen LogP contribution in [0.1, 0.15) is 76.4 Å². The van der Waals surface area contributed by atoms with Crippen molar-refractivity contribution in [1.29, 1.82) is 0 Å². The van der Waals surface area contributed by atoms with Gasteiger partial charge in [-0.25, -0.2) is 4.98 Å². The molecule has 5 atom stereocenters. The number of amides is 5. The molecular formula is C42H63BN8O12. The first-order valence-corrected chi connectivity index (χ1v) is 21.0. The van der Waals surface area contributed by atoms with E-state index in [1.807, 2.05) is 44.2 Å².